The largest absolute Gasteiger partial charge is 0.455 e. The Labute approximate surface area is 331 Å². The van der Waals surface area contributed by atoms with E-state index < -0.39 is 0 Å². The summed E-state index contributed by atoms with van der Waals surface area (Å²) in [6.45, 7) is 0. The van der Waals surface area contributed by atoms with Gasteiger partial charge in [0, 0.05) is 33.1 Å². The van der Waals surface area contributed by atoms with Crippen molar-refractivity contribution in [2.75, 3.05) is 4.90 Å². The highest BCUT2D eigenvalue weighted by Gasteiger charge is 2.20. The van der Waals surface area contributed by atoms with Crippen LogP contribution in [0, 0.1) is 0 Å². The molecule has 10 aromatic rings. The number of hydrogen-bond acceptors (Lipinski definition) is 2. The first-order valence-corrected chi connectivity index (χ1v) is 19.7. The zero-order valence-electron chi connectivity index (χ0n) is 31.3. The molecular formula is C55H37NO. The second kappa shape index (κ2) is 13.7. The van der Waals surface area contributed by atoms with Crippen LogP contribution in [0.25, 0.3) is 89.0 Å². The van der Waals surface area contributed by atoms with Crippen LogP contribution in [-0.2, 0) is 0 Å². The van der Waals surface area contributed by atoms with Gasteiger partial charge in [-0.05, 0) is 110 Å². The molecule has 2 nitrogen and oxygen atoms in total. The predicted octanol–water partition coefficient (Wildman–Crippen LogP) is 15.8. The summed E-state index contributed by atoms with van der Waals surface area (Å²) in [4.78, 5) is 2.41. The highest BCUT2D eigenvalue weighted by atomic mass is 16.3. The molecule has 0 unspecified atom stereocenters. The van der Waals surface area contributed by atoms with Crippen molar-refractivity contribution in [3.63, 3.8) is 0 Å². The molecular weight excluding hydrogens is 691 g/mol. The molecule has 268 valence electrons. The van der Waals surface area contributed by atoms with Crippen LogP contribution < -0.4 is 4.90 Å². The normalized spacial score (nSPS) is 12.4. The summed E-state index contributed by atoms with van der Waals surface area (Å²) in [5.41, 5.74) is 14.6. The summed E-state index contributed by atoms with van der Waals surface area (Å²) in [5, 5.41) is 7.17. The Morgan fingerprint density at radius 3 is 1.82 bits per heavy atom. The number of anilines is 3. The molecule has 0 N–H and O–H groups in total. The molecule has 1 aliphatic rings. The van der Waals surface area contributed by atoms with Gasteiger partial charge >= 0.3 is 0 Å². The zero-order valence-corrected chi connectivity index (χ0v) is 31.3. The van der Waals surface area contributed by atoms with Crippen LogP contribution in [0.5, 0.6) is 0 Å². The van der Waals surface area contributed by atoms with Crippen molar-refractivity contribution >= 4 is 72.7 Å². The SMILES string of the molecule is C1=Cc2c(-c3ccccc3)cc3c(oc4ccc(-c5ccc(N(c6cccc(-c7ccccc7)c6)c6cc7ccccc7c7ccccc67)cc5)cc43)c2C=CC1. The standard InChI is InChI=1S/C55H37NO/c1-4-15-37(16-5-1)40-20-14-21-44(33-40)56(53-35-42-19-10-11-22-45(42)46-24-12-13-25-48(46)53)43-30-27-38(28-31-43)41-29-32-54-51(34-41)52-36-50(39-17-6-2-7-18-39)47-23-8-3-9-26-49(47)55(52)57-54/h1-2,4-36H,3H2. The van der Waals surface area contributed by atoms with Crippen LogP contribution >= 0.6 is 0 Å². The Morgan fingerprint density at radius 1 is 0.386 bits per heavy atom. The number of allylic oxidation sites excluding steroid dienone is 2. The second-order valence-electron chi connectivity index (χ2n) is 14.8. The van der Waals surface area contributed by atoms with Gasteiger partial charge in [-0.25, -0.2) is 0 Å². The van der Waals surface area contributed by atoms with E-state index >= 15 is 0 Å². The summed E-state index contributed by atoms with van der Waals surface area (Å²) < 4.78 is 6.65. The minimum Gasteiger partial charge on any atom is -0.455 e. The van der Waals surface area contributed by atoms with E-state index in [2.05, 4.69) is 217 Å². The zero-order chi connectivity index (χ0) is 37.7. The van der Waals surface area contributed by atoms with Gasteiger partial charge in [0.05, 0.1) is 5.69 Å². The molecule has 1 aliphatic carbocycles. The lowest BCUT2D eigenvalue weighted by Crippen LogP contribution is -2.10. The Hall–Kier alpha value is -7.42. The summed E-state index contributed by atoms with van der Waals surface area (Å²) in [6, 6.07) is 68.0. The fourth-order valence-corrected chi connectivity index (χ4v) is 8.69. The van der Waals surface area contributed by atoms with Crippen LogP contribution in [0.4, 0.5) is 17.1 Å². The topological polar surface area (TPSA) is 16.4 Å². The van der Waals surface area contributed by atoms with Crippen molar-refractivity contribution in [2.24, 2.45) is 0 Å². The number of furan rings is 1. The van der Waals surface area contributed by atoms with E-state index in [1.807, 2.05) is 0 Å². The minimum absolute atomic E-state index is 0.895. The quantitative estimate of drug-likeness (QED) is 0.159. The third-order valence-electron chi connectivity index (χ3n) is 11.4. The molecule has 1 heterocycles. The third kappa shape index (κ3) is 5.73. The molecule has 0 radical (unpaired) electrons. The van der Waals surface area contributed by atoms with Crippen molar-refractivity contribution in [3.05, 3.63) is 211 Å². The average molecular weight is 728 g/mol. The van der Waals surface area contributed by atoms with E-state index in [9.17, 15) is 0 Å². The van der Waals surface area contributed by atoms with E-state index in [1.54, 1.807) is 0 Å². The van der Waals surface area contributed by atoms with Crippen molar-refractivity contribution < 1.29 is 4.42 Å². The molecule has 0 bridgehead atoms. The van der Waals surface area contributed by atoms with Gasteiger partial charge in [-0.15, -0.1) is 0 Å². The van der Waals surface area contributed by atoms with Gasteiger partial charge in [-0.1, -0.05) is 164 Å². The van der Waals surface area contributed by atoms with Gasteiger partial charge in [-0.3, -0.25) is 0 Å². The molecule has 0 saturated carbocycles. The first-order chi connectivity index (χ1) is 28.3. The lowest BCUT2D eigenvalue weighted by atomic mass is 9.92. The number of rotatable bonds is 6. The summed E-state index contributed by atoms with van der Waals surface area (Å²) >= 11 is 0. The maximum atomic E-state index is 6.65. The molecule has 0 amide bonds. The molecule has 0 atom stereocenters. The Bertz CT molecular complexity index is 3190. The third-order valence-corrected chi connectivity index (χ3v) is 11.4. The second-order valence-corrected chi connectivity index (χ2v) is 14.8. The number of fused-ring (bicyclic) bond motifs is 8. The van der Waals surface area contributed by atoms with Crippen LogP contribution in [0.1, 0.15) is 17.5 Å². The molecule has 57 heavy (non-hydrogen) atoms. The van der Waals surface area contributed by atoms with Crippen molar-refractivity contribution in [2.45, 2.75) is 6.42 Å². The fourth-order valence-electron chi connectivity index (χ4n) is 8.69. The molecule has 11 rings (SSSR count). The summed E-state index contributed by atoms with van der Waals surface area (Å²) in [5.74, 6) is 0. The lowest BCUT2D eigenvalue weighted by molar-refractivity contribution is 0.668. The van der Waals surface area contributed by atoms with Gasteiger partial charge in [0.2, 0.25) is 0 Å². The monoisotopic (exact) mass is 727 g/mol. The maximum Gasteiger partial charge on any atom is 0.143 e. The smallest absolute Gasteiger partial charge is 0.143 e. The maximum absolute atomic E-state index is 6.65. The lowest BCUT2D eigenvalue weighted by Gasteiger charge is -2.28. The van der Waals surface area contributed by atoms with Gasteiger partial charge in [0.1, 0.15) is 11.2 Å². The average Bonchev–Trinajstić information content (AvgIpc) is 3.46. The van der Waals surface area contributed by atoms with Crippen LogP contribution in [0.3, 0.4) is 0 Å². The number of benzene rings is 9. The number of hydrogen-bond donors (Lipinski definition) is 0. The first kappa shape index (κ1) is 33.0. The van der Waals surface area contributed by atoms with E-state index in [4.69, 9.17) is 4.42 Å². The molecule has 1 aromatic heterocycles. The molecule has 9 aromatic carbocycles. The Kier molecular flexibility index (Phi) is 7.93. The predicted molar refractivity (Wildman–Crippen MR) is 242 cm³/mol. The molecule has 2 heteroatoms. The Morgan fingerprint density at radius 2 is 1.02 bits per heavy atom. The van der Waals surface area contributed by atoms with Gasteiger partial charge in [-0.2, -0.15) is 0 Å². The molecule has 0 spiro atoms. The van der Waals surface area contributed by atoms with Gasteiger partial charge < -0.3 is 9.32 Å². The van der Waals surface area contributed by atoms with E-state index in [-0.39, 0.29) is 0 Å². The first-order valence-electron chi connectivity index (χ1n) is 19.7. The van der Waals surface area contributed by atoms with Crippen LogP contribution in [-0.4, -0.2) is 0 Å². The van der Waals surface area contributed by atoms with Gasteiger partial charge in [0.15, 0.2) is 0 Å². The summed E-state index contributed by atoms with van der Waals surface area (Å²) in [7, 11) is 0. The van der Waals surface area contributed by atoms with Crippen molar-refractivity contribution in [1.29, 1.82) is 0 Å². The van der Waals surface area contributed by atoms with Gasteiger partial charge in [0.25, 0.3) is 0 Å². The van der Waals surface area contributed by atoms with Crippen LogP contribution in [0.2, 0.25) is 0 Å². The molecule has 0 saturated heterocycles. The Balaban J connectivity index is 1.06. The van der Waals surface area contributed by atoms with Crippen molar-refractivity contribution in [1.82, 2.24) is 0 Å². The van der Waals surface area contributed by atoms with E-state index in [1.165, 1.54) is 49.4 Å². The van der Waals surface area contributed by atoms with E-state index in [0.29, 0.717) is 0 Å². The van der Waals surface area contributed by atoms with Crippen molar-refractivity contribution in [3.8, 4) is 33.4 Å². The highest BCUT2D eigenvalue weighted by Crippen LogP contribution is 2.45. The minimum atomic E-state index is 0.895. The molecule has 0 aliphatic heterocycles. The summed E-state index contributed by atoms with van der Waals surface area (Å²) in [6.07, 6.45) is 9.83. The van der Waals surface area contributed by atoms with E-state index in [0.717, 1.165) is 62.1 Å². The highest BCUT2D eigenvalue weighted by molar-refractivity contribution is 6.15. The fraction of sp³-hybridized carbons (Fsp3) is 0.0182. The van der Waals surface area contributed by atoms with Crippen LogP contribution in [0.15, 0.2) is 205 Å². The molecule has 0 fully saturated rings. The number of nitrogens with zero attached hydrogens (tertiary/aromatic N) is 1.